The van der Waals surface area contributed by atoms with Crippen molar-refractivity contribution in [1.82, 2.24) is 10.5 Å². The zero-order valence-corrected chi connectivity index (χ0v) is 18.2. The molecular weight excluding hydrogens is 410 g/mol. The quantitative estimate of drug-likeness (QED) is 0.297. The van der Waals surface area contributed by atoms with Crippen LogP contribution in [-0.2, 0) is 16.1 Å². The SMILES string of the molecule is CCCCCOc1c(OC)ccc2cc(C(=O)ONC(=O)Cc3ccc(N)cc3)cnc12. The summed E-state index contributed by atoms with van der Waals surface area (Å²) in [6, 6.07) is 12.1. The molecule has 32 heavy (non-hydrogen) atoms. The summed E-state index contributed by atoms with van der Waals surface area (Å²) in [6.45, 7) is 2.68. The molecule has 0 aliphatic heterocycles. The van der Waals surface area contributed by atoms with Crippen LogP contribution in [0.5, 0.6) is 11.5 Å². The van der Waals surface area contributed by atoms with Crippen LogP contribution < -0.4 is 20.7 Å². The van der Waals surface area contributed by atoms with Crippen LogP contribution in [0.1, 0.15) is 42.1 Å². The largest absolute Gasteiger partial charge is 0.493 e. The summed E-state index contributed by atoms with van der Waals surface area (Å²) in [5.41, 5.74) is 9.95. The van der Waals surface area contributed by atoms with Crippen LogP contribution in [0.3, 0.4) is 0 Å². The second-order valence-corrected chi connectivity index (χ2v) is 7.28. The average molecular weight is 437 g/mol. The fourth-order valence-electron chi connectivity index (χ4n) is 3.11. The Bertz CT molecular complexity index is 1080. The molecule has 1 aromatic heterocycles. The van der Waals surface area contributed by atoms with Crippen molar-refractivity contribution in [2.45, 2.75) is 32.6 Å². The Morgan fingerprint density at radius 2 is 1.88 bits per heavy atom. The molecule has 0 spiro atoms. The van der Waals surface area contributed by atoms with Crippen LogP contribution in [-0.4, -0.2) is 30.6 Å². The Labute approximate surface area is 186 Å². The number of nitrogen functional groups attached to an aromatic ring is 1. The number of hydroxylamine groups is 1. The van der Waals surface area contributed by atoms with E-state index in [2.05, 4.69) is 17.4 Å². The number of rotatable bonds is 9. The van der Waals surface area contributed by atoms with E-state index in [1.54, 1.807) is 49.6 Å². The van der Waals surface area contributed by atoms with Gasteiger partial charge in [-0.1, -0.05) is 31.9 Å². The molecule has 0 atom stereocenters. The van der Waals surface area contributed by atoms with Crippen molar-refractivity contribution in [2.75, 3.05) is 19.5 Å². The highest BCUT2D eigenvalue weighted by atomic mass is 16.7. The van der Waals surface area contributed by atoms with Gasteiger partial charge in [0, 0.05) is 17.3 Å². The van der Waals surface area contributed by atoms with Crippen LogP contribution in [0.2, 0.25) is 0 Å². The maximum absolute atomic E-state index is 12.4. The van der Waals surface area contributed by atoms with Crippen molar-refractivity contribution in [2.24, 2.45) is 0 Å². The number of nitrogens with zero attached hydrogens (tertiary/aromatic N) is 1. The van der Waals surface area contributed by atoms with E-state index in [0.717, 1.165) is 24.8 Å². The summed E-state index contributed by atoms with van der Waals surface area (Å²) in [5, 5.41) is 0.693. The average Bonchev–Trinajstić information content (AvgIpc) is 2.81. The Hall–Kier alpha value is -3.81. The van der Waals surface area contributed by atoms with Gasteiger partial charge in [0.05, 0.1) is 25.7 Å². The van der Waals surface area contributed by atoms with Gasteiger partial charge in [-0.05, 0) is 42.3 Å². The monoisotopic (exact) mass is 437 g/mol. The number of anilines is 1. The van der Waals surface area contributed by atoms with E-state index in [1.807, 2.05) is 0 Å². The molecule has 0 radical (unpaired) electrons. The Kier molecular flexibility index (Phi) is 7.85. The number of carbonyl (C=O) groups excluding carboxylic acids is 2. The molecule has 168 valence electrons. The first-order valence-corrected chi connectivity index (χ1v) is 10.5. The fourth-order valence-corrected chi connectivity index (χ4v) is 3.11. The lowest BCUT2D eigenvalue weighted by molar-refractivity contribution is -0.129. The highest BCUT2D eigenvalue weighted by molar-refractivity contribution is 5.96. The molecule has 8 nitrogen and oxygen atoms in total. The number of hydrogen-bond acceptors (Lipinski definition) is 7. The Morgan fingerprint density at radius 1 is 1.09 bits per heavy atom. The van der Waals surface area contributed by atoms with Crippen molar-refractivity contribution in [3.8, 4) is 11.5 Å². The van der Waals surface area contributed by atoms with Crippen molar-refractivity contribution in [3.63, 3.8) is 0 Å². The van der Waals surface area contributed by atoms with E-state index in [-0.39, 0.29) is 12.0 Å². The predicted molar refractivity (Wildman–Crippen MR) is 121 cm³/mol. The van der Waals surface area contributed by atoms with Gasteiger partial charge in [-0.15, -0.1) is 0 Å². The van der Waals surface area contributed by atoms with Gasteiger partial charge in [0.25, 0.3) is 5.91 Å². The molecule has 3 rings (SSSR count). The summed E-state index contributed by atoms with van der Waals surface area (Å²) < 4.78 is 11.3. The minimum atomic E-state index is -0.716. The second-order valence-electron chi connectivity index (χ2n) is 7.28. The van der Waals surface area contributed by atoms with Crippen LogP contribution in [0.25, 0.3) is 10.9 Å². The third kappa shape index (κ3) is 5.87. The lowest BCUT2D eigenvalue weighted by Gasteiger charge is -2.13. The molecule has 3 N–H and O–H groups in total. The van der Waals surface area contributed by atoms with Gasteiger partial charge in [0.2, 0.25) is 0 Å². The first-order valence-electron chi connectivity index (χ1n) is 10.5. The summed E-state index contributed by atoms with van der Waals surface area (Å²) >= 11 is 0. The summed E-state index contributed by atoms with van der Waals surface area (Å²) in [4.78, 5) is 33.8. The number of unbranched alkanes of at least 4 members (excludes halogenated alkanes) is 2. The van der Waals surface area contributed by atoms with Crippen molar-refractivity contribution in [3.05, 3.63) is 59.8 Å². The summed E-state index contributed by atoms with van der Waals surface area (Å²) in [5.74, 6) is -0.0553. The molecule has 0 aliphatic rings. The maximum atomic E-state index is 12.4. The number of methoxy groups -OCH3 is 1. The van der Waals surface area contributed by atoms with Gasteiger partial charge >= 0.3 is 5.97 Å². The second kappa shape index (κ2) is 11.0. The topological polar surface area (TPSA) is 113 Å². The highest BCUT2D eigenvalue weighted by Crippen LogP contribution is 2.34. The van der Waals surface area contributed by atoms with Gasteiger partial charge in [-0.3, -0.25) is 9.78 Å². The van der Waals surface area contributed by atoms with Crippen LogP contribution in [0.15, 0.2) is 48.7 Å². The van der Waals surface area contributed by atoms with E-state index in [0.29, 0.717) is 34.7 Å². The van der Waals surface area contributed by atoms with Crippen LogP contribution in [0, 0.1) is 0 Å². The van der Waals surface area contributed by atoms with Crippen LogP contribution >= 0.6 is 0 Å². The molecule has 1 amide bonds. The number of aromatic nitrogens is 1. The standard InChI is InChI=1S/C24H27N3O5/c1-3-4-5-12-31-23-20(30-2)11-8-17-14-18(15-26-22(17)23)24(29)32-27-21(28)13-16-6-9-19(25)10-7-16/h6-11,14-15H,3-5,12-13,25H2,1-2H3,(H,27,28). The third-order valence-corrected chi connectivity index (χ3v) is 4.82. The minimum Gasteiger partial charge on any atom is -0.493 e. The lowest BCUT2D eigenvalue weighted by Crippen LogP contribution is -2.28. The first kappa shape index (κ1) is 22.9. The van der Waals surface area contributed by atoms with Gasteiger partial charge in [0.1, 0.15) is 5.52 Å². The molecule has 2 aromatic carbocycles. The Balaban J connectivity index is 1.66. The fraction of sp³-hybridized carbons (Fsp3) is 0.292. The number of nitrogens with two attached hydrogens (primary N) is 1. The number of benzene rings is 2. The van der Waals surface area contributed by atoms with Crippen molar-refractivity contribution in [1.29, 1.82) is 0 Å². The number of ether oxygens (including phenoxy) is 2. The molecule has 8 heteroatoms. The van der Waals surface area contributed by atoms with Gasteiger partial charge < -0.3 is 20.0 Å². The van der Waals surface area contributed by atoms with Gasteiger partial charge in [-0.2, -0.15) is 5.48 Å². The molecule has 0 fully saturated rings. The van der Waals surface area contributed by atoms with E-state index in [1.165, 1.54) is 6.20 Å². The minimum absolute atomic E-state index is 0.0576. The summed E-state index contributed by atoms with van der Waals surface area (Å²) in [6.07, 6.45) is 4.53. The molecule has 0 saturated carbocycles. The number of carbonyl (C=O) groups is 2. The van der Waals surface area contributed by atoms with E-state index < -0.39 is 11.9 Å². The molecule has 0 saturated heterocycles. The van der Waals surface area contributed by atoms with Gasteiger partial charge in [-0.25, -0.2) is 4.79 Å². The van der Waals surface area contributed by atoms with Crippen molar-refractivity contribution < 1.29 is 23.9 Å². The number of pyridine rings is 1. The first-order chi connectivity index (χ1) is 15.5. The number of fused-ring (bicyclic) bond motifs is 1. The summed E-state index contributed by atoms with van der Waals surface area (Å²) in [7, 11) is 1.57. The molecule has 3 aromatic rings. The zero-order chi connectivity index (χ0) is 22.9. The molecule has 1 heterocycles. The predicted octanol–water partition coefficient (Wildman–Crippen LogP) is 3.83. The number of amides is 1. The smallest absolute Gasteiger partial charge is 0.364 e. The lowest BCUT2D eigenvalue weighted by atomic mass is 10.1. The third-order valence-electron chi connectivity index (χ3n) is 4.82. The molecule has 0 aliphatic carbocycles. The van der Waals surface area contributed by atoms with Crippen LogP contribution in [0.4, 0.5) is 5.69 Å². The van der Waals surface area contributed by atoms with Crippen molar-refractivity contribution >= 4 is 28.5 Å². The molecule has 0 unspecified atom stereocenters. The maximum Gasteiger partial charge on any atom is 0.364 e. The number of nitrogens with one attached hydrogen (secondary N) is 1. The zero-order valence-electron chi connectivity index (χ0n) is 18.2. The van der Waals surface area contributed by atoms with E-state index in [4.69, 9.17) is 20.0 Å². The molecule has 0 bridgehead atoms. The Morgan fingerprint density at radius 3 is 2.59 bits per heavy atom. The highest BCUT2D eigenvalue weighted by Gasteiger charge is 2.16. The number of hydrogen-bond donors (Lipinski definition) is 2. The molecular formula is C24H27N3O5. The van der Waals surface area contributed by atoms with Gasteiger partial charge in [0.15, 0.2) is 11.5 Å². The normalized spacial score (nSPS) is 10.6. The van der Waals surface area contributed by atoms with E-state index in [9.17, 15) is 9.59 Å². The van der Waals surface area contributed by atoms with E-state index >= 15 is 0 Å².